The quantitative estimate of drug-likeness (QED) is 0.328. The number of hydrogen-bond acceptors (Lipinski definition) is 5. The Morgan fingerprint density at radius 3 is 2.89 bits per heavy atom. The van der Waals surface area contributed by atoms with Crippen molar-refractivity contribution < 1.29 is 9.94 Å². The molecule has 94 valence electrons. The fourth-order valence-electron chi connectivity index (χ4n) is 1.52. The number of hydrogen-bond donors (Lipinski definition) is 3. The summed E-state index contributed by atoms with van der Waals surface area (Å²) in [5, 5.41) is 18.4. The fourth-order valence-corrected chi connectivity index (χ4v) is 1.52. The van der Waals surface area contributed by atoms with Crippen LogP contribution in [0.2, 0.25) is 0 Å². The second-order valence-corrected chi connectivity index (χ2v) is 3.78. The number of rotatable bonds is 3. The molecule has 0 aromatic carbocycles. The molecule has 0 amide bonds. The first kappa shape index (κ1) is 11.9. The van der Waals surface area contributed by atoms with Gasteiger partial charge in [0.15, 0.2) is 5.84 Å². The first-order chi connectivity index (χ1) is 8.61. The van der Waals surface area contributed by atoms with Gasteiger partial charge in [0.05, 0.1) is 5.56 Å². The summed E-state index contributed by atoms with van der Waals surface area (Å²) in [5.41, 5.74) is 7.71. The predicted molar refractivity (Wildman–Crippen MR) is 64.9 cm³/mol. The van der Waals surface area contributed by atoms with Crippen molar-refractivity contribution in [1.82, 2.24) is 15.2 Å². The van der Waals surface area contributed by atoms with Gasteiger partial charge in [-0.2, -0.15) is 0 Å². The number of amidine groups is 1. The van der Waals surface area contributed by atoms with E-state index in [1.54, 1.807) is 18.3 Å². The number of pyridine rings is 1. The minimum atomic E-state index is -0.0529. The SMILES string of the molecule is Cc1cc(Oc2nccc(C)c2/C(N)=N/O)n[nH]1. The lowest BCUT2D eigenvalue weighted by atomic mass is 10.1. The molecular formula is C11H13N5O2. The number of aryl methyl sites for hydroxylation is 2. The molecule has 7 heteroatoms. The summed E-state index contributed by atoms with van der Waals surface area (Å²) < 4.78 is 5.51. The summed E-state index contributed by atoms with van der Waals surface area (Å²) in [6.45, 7) is 3.67. The molecule has 0 aliphatic rings. The Hall–Kier alpha value is -2.57. The van der Waals surface area contributed by atoms with Gasteiger partial charge in [-0.15, -0.1) is 5.10 Å². The van der Waals surface area contributed by atoms with Crippen molar-refractivity contribution in [3.8, 4) is 11.8 Å². The summed E-state index contributed by atoms with van der Waals surface area (Å²) in [6, 6.07) is 3.47. The highest BCUT2D eigenvalue weighted by molar-refractivity contribution is 6.00. The molecule has 7 nitrogen and oxygen atoms in total. The first-order valence-corrected chi connectivity index (χ1v) is 5.25. The van der Waals surface area contributed by atoms with E-state index in [1.807, 2.05) is 13.8 Å². The Kier molecular flexibility index (Phi) is 3.13. The molecule has 2 aromatic rings. The van der Waals surface area contributed by atoms with Gasteiger partial charge in [0, 0.05) is 18.0 Å². The third-order valence-electron chi connectivity index (χ3n) is 2.37. The van der Waals surface area contributed by atoms with Crippen molar-refractivity contribution in [2.75, 3.05) is 0 Å². The predicted octanol–water partition coefficient (Wildman–Crippen LogP) is 1.31. The van der Waals surface area contributed by atoms with Gasteiger partial charge in [-0.3, -0.25) is 5.10 Å². The molecule has 0 aliphatic carbocycles. The average Bonchev–Trinajstić information content (AvgIpc) is 2.74. The maximum Gasteiger partial charge on any atom is 0.240 e. The summed E-state index contributed by atoms with van der Waals surface area (Å²) in [5.74, 6) is 0.567. The molecular weight excluding hydrogens is 234 g/mol. The van der Waals surface area contributed by atoms with Gasteiger partial charge in [0.2, 0.25) is 11.8 Å². The zero-order valence-electron chi connectivity index (χ0n) is 10.0. The van der Waals surface area contributed by atoms with Crippen molar-refractivity contribution in [2.24, 2.45) is 10.9 Å². The van der Waals surface area contributed by atoms with E-state index in [0.717, 1.165) is 11.3 Å². The van der Waals surface area contributed by atoms with Gasteiger partial charge in [-0.25, -0.2) is 4.98 Å². The van der Waals surface area contributed by atoms with Crippen LogP contribution < -0.4 is 10.5 Å². The molecule has 0 radical (unpaired) electrons. The van der Waals surface area contributed by atoms with Crippen molar-refractivity contribution in [3.63, 3.8) is 0 Å². The molecule has 0 fully saturated rings. The number of aromatic amines is 1. The molecule has 0 unspecified atom stereocenters. The molecule has 4 N–H and O–H groups in total. The zero-order chi connectivity index (χ0) is 13.1. The molecule has 0 saturated heterocycles. The van der Waals surface area contributed by atoms with Crippen molar-refractivity contribution in [1.29, 1.82) is 0 Å². The average molecular weight is 247 g/mol. The largest absolute Gasteiger partial charge is 0.418 e. The summed E-state index contributed by atoms with van der Waals surface area (Å²) >= 11 is 0. The Labute approximate surface area is 103 Å². The van der Waals surface area contributed by atoms with E-state index in [4.69, 9.17) is 15.7 Å². The lowest BCUT2D eigenvalue weighted by Crippen LogP contribution is -2.16. The third kappa shape index (κ3) is 2.24. The molecule has 0 atom stereocenters. The van der Waals surface area contributed by atoms with E-state index in [1.165, 1.54) is 0 Å². The Balaban J connectivity index is 2.41. The number of H-pyrrole nitrogens is 1. The highest BCUT2D eigenvalue weighted by Crippen LogP contribution is 2.23. The Morgan fingerprint density at radius 1 is 1.50 bits per heavy atom. The molecule has 0 bridgehead atoms. The maximum atomic E-state index is 8.77. The van der Waals surface area contributed by atoms with E-state index in [-0.39, 0.29) is 11.7 Å². The van der Waals surface area contributed by atoms with Crippen LogP contribution >= 0.6 is 0 Å². The summed E-state index contributed by atoms with van der Waals surface area (Å²) in [7, 11) is 0. The highest BCUT2D eigenvalue weighted by Gasteiger charge is 2.14. The van der Waals surface area contributed by atoms with Crippen LogP contribution in [0.15, 0.2) is 23.5 Å². The van der Waals surface area contributed by atoms with Gasteiger partial charge >= 0.3 is 0 Å². The van der Waals surface area contributed by atoms with Gasteiger partial charge < -0.3 is 15.7 Å². The number of nitrogens with one attached hydrogen (secondary N) is 1. The fraction of sp³-hybridized carbons (Fsp3) is 0.182. The van der Waals surface area contributed by atoms with Crippen molar-refractivity contribution >= 4 is 5.84 Å². The standard InChI is InChI=1S/C11H13N5O2/c1-6-3-4-13-11(9(6)10(12)16-17)18-8-5-7(2)14-15-8/h3-5,17H,1-2H3,(H2,12,16)(H,14,15). The molecule has 2 rings (SSSR count). The maximum absolute atomic E-state index is 8.77. The number of nitrogens with zero attached hydrogens (tertiary/aromatic N) is 3. The van der Waals surface area contributed by atoms with Crippen molar-refractivity contribution in [2.45, 2.75) is 13.8 Å². The van der Waals surface area contributed by atoms with E-state index in [0.29, 0.717) is 11.4 Å². The van der Waals surface area contributed by atoms with Gasteiger partial charge in [-0.1, -0.05) is 5.16 Å². The van der Waals surface area contributed by atoms with Gasteiger partial charge in [0.1, 0.15) is 0 Å². The molecule has 0 saturated carbocycles. The molecule has 2 aromatic heterocycles. The van der Waals surface area contributed by atoms with Crippen LogP contribution in [-0.4, -0.2) is 26.2 Å². The second kappa shape index (κ2) is 4.74. The summed E-state index contributed by atoms with van der Waals surface area (Å²) in [6.07, 6.45) is 1.58. The minimum Gasteiger partial charge on any atom is -0.418 e. The molecule has 18 heavy (non-hydrogen) atoms. The van der Waals surface area contributed by atoms with Gasteiger partial charge in [-0.05, 0) is 25.5 Å². The van der Waals surface area contributed by atoms with Crippen LogP contribution in [-0.2, 0) is 0 Å². The number of oxime groups is 1. The zero-order valence-corrected chi connectivity index (χ0v) is 10.0. The number of ether oxygens (including phenoxy) is 1. The summed E-state index contributed by atoms with van der Waals surface area (Å²) in [4.78, 5) is 4.07. The van der Waals surface area contributed by atoms with Crippen LogP contribution in [0.5, 0.6) is 11.8 Å². The van der Waals surface area contributed by atoms with E-state index in [2.05, 4.69) is 20.3 Å². The van der Waals surface area contributed by atoms with Crippen LogP contribution in [0.3, 0.4) is 0 Å². The normalized spacial score (nSPS) is 11.6. The van der Waals surface area contributed by atoms with Crippen molar-refractivity contribution in [3.05, 3.63) is 35.2 Å². The second-order valence-electron chi connectivity index (χ2n) is 3.78. The third-order valence-corrected chi connectivity index (χ3v) is 2.37. The Bertz CT molecular complexity index is 591. The lowest BCUT2D eigenvalue weighted by molar-refractivity contribution is 0.318. The molecule has 0 spiro atoms. The first-order valence-electron chi connectivity index (χ1n) is 5.25. The van der Waals surface area contributed by atoms with E-state index in [9.17, 15) is 0 Å². The smallest absolute Gasteiger partial charge is 0.240 e. The Morgan fingerprint density at radius 2 is 2.28 bits per heavy atom. The van der Waals surface area contributed by atoms with Crippen LogP contribution in [0.1, 0.15) is 16.8 Å². The lowest BCUT2D eigenvalue weighted by Gasteiger charge is -2.09. The topological polar surface area (TPSA) is 109 Å². The van der Waals surface area contributed by atoms with Gasteiger partial charge in [0.25, 0.3) is 0 Å². The molecule has 0 aliphatic heterocycles. The number of aromatic nitrogens is 3. The van der Waals surface area contributed by atoms with Crippen LogP contribution in [0.25, 0.3) is 0 Å². The monoisotopic (exact) mass is 247 g/mol. The highest BCUT2D eigenvalue weighted by atomic mass is 16.5. The van der Waals surface area contributed by atoms with E-state index >= 15 is 0 Å². The van der Waals surface area contributed by atoms with E-state index < -0.39 is 0 Å². The van der Waals surface area contributed by atoms with Crippen LogP contribution in [0.4, 0.5) is 0 Å². The minimum absolute atomic E-state index is 0.0529. The number of nitrogens with two attached hydrogens (primary N) is 1. The van der Waals surface area contributed by atoms with Crippen LogP contribution in [0, 0.1) is 13.8 Å². The molecule has 2 heterocycles.